The smallest absolute Gasteiger partial charge is 0.307 e. The number of hydrogen-bond acceptors (Lipinski definition) is 3. The molecule has 4 atom stereocenters. The van der Waals surface area contributed by atoms with Crippen molar-refractivity contribution < 1.29 is 19.4 Å². The van der Waals surface area contributed by atoms with Crippen LogP contribution in [0.15, 0.2) is 12.2 Å². The standard InChI is InChI=1S/C14H21NO4/c1-3-15(6-7-19-2)13(16)11-9-4-5-10(8-9)12(11)14(17)18/h4-5,9-12H,3,6-8H2,1-2H3,(H,17,18)/t9?,10?,11-,12+/m0/s1. The van der Waals surface area contributed by atoms with Gasteiger partial charge in [-0.05, 0) is 25.2 Å². The summed E-state index contributed by atoms with van der Waals surface area (Å²) in [6, 6.07) is 0. The lowest BCUT2D eigenvalue weighted by Crippen LogP contribution is -2.44. The number of ether oxygens (including phenoxy) is 1. The zero-order chi connectivity index (χ0) is 14.0. The van der Waals surface area contributed by atoms with Gasteiger partial charge in [-0.1, -0.05) is 12.2 Å². The molecule has 2 rings (SSSR count). The van der Waals surface area contributed by atoms with E-state index < -0.39 is 17.8 Å². The maximum atomic E-state index is 12.6. The molecule has 5 nitrogen and oxygen atoms in total. The van der Waals surface area contributed by atoms with Crippen LogP contribution in [0.3, 0.4) is 0 Å². The Balaban J connectivity index is 2.12. The highest BCUT2D eigenvalue weighted by Crippen LogP contribution is 2.48. The molecule has 5 heteroatoms. The van der Waals surface area contributed by atoms with E-state index in [1.165, 1.54) is 0 Å². The summed E-state index contributed by atoms with van der Waals surface area (Å²) in [5.74, 6) is -1.72. The largest absolute Gasteiger partial charge is 0.481 e. The van der Waals surface area contributed by atoms with Crippen LogP contribution in [0.2, 0.25) is 0 Å². The zero-order valence-electron chi connectivity index (χ0n) is 11.4. The molecule has 0 saturated heterocycles. The lowest BCUT2D eigenvalue weighted by molar-refractivity contribution is -0.151. The highest BCUT2D eigenvalue weighted by atomic mass is 16.5. The van der Waals surface area contributed by atoms with Crippen LogP contribution >= 0.6 is 0 Å². The highest BCUT2D eigenvalue weighted by molar-refractivity contribution is 5.86. The Morgan fingerprint density at radius 1 is 1.32 bits per heavy atom. The average Bonchev–Trinajstić information content (AvgIpc) is 2.99. The summed E-state index contributed by atoms with van der Waals surface area (Å²) in [6.45, 7) is 3.50. The molecule has 1 saturated carbocycles. The number of amides is 1. The second kappa shape index (κ2) is 5.74. The monoisotopic (exact) mass is 267 g/mol. The van der Waals surface area contributed by atoms with Gasteiger partial charge < -0.3 is 14.7 Å². The van der Waals surface area contributed by atoms with Crippen LogP contribution in [-0.2, 0) is 14.3 Å². The first-order valence-corrected chi connectivity index (χ1v) is 6.79. The molecule has 0 aromatic rings. The minimum Gasteiger partial charge on any atom is -0.481 e. The second-order valence-electron chi connectivity index (χ2n) is 5.25. The molecule has 0 aromatic heterocycles. The van der Waals surface area contributed by atoms with Crippen molar-refractivity contribution in [2.24, 2.45) is 23.7 Å². The lowest BCUT2D eigenvalue weighted by atomic mass is 9.82. The molecule has 2 aliphatic carbocycles. The normalized spacial score (nSPS) is 31.7. The van der Waals surface area contributed by atoms with Crippen molar-refractivity contribution >= 4 is 11.9 Å². The van der Waals surface area contributed by atoms with Gasteiger partial charge in [0.2, 0.25) is 5.91 Å². The number of rotatable bonds is 6. The number of fused-ring (bicyclic) bond motifs is 2. The van der Waals surface area contributed by atoms with Crippen molar-refractivity contribution in [3.05, 3.63) is 12.2 Å². The Kier molecular flexibility index (Phi) is 4.24. The van der Waals surface area contributed by atoms with E-state index in [1.54, 1.807) is 12.0 Å². The predicted molar refractivity (Wildman–Crippen MR) is 69.5 cm³/mol. The van der Waals surface area contributed by atoms with Crippen molar-refractivity contribution in [1.29, 1.82) is 0 Å². The third-order valence-electron chi connectivity index (χ3n) is 4.29. The number of methoxy groups -OCH3 is 1. The minimum absolute atomic E-state index is 0.0255. The summed E-state index contributed by atoms with van der Waals surface area (Å²) in [6.07, 6.45) is 4.77. The molecule has 0 radical (unpaired) electrons. The number of nitrogens with zero attached hydrogens (tertiary/aromatic N) is 1. The summed E-state index contributed by atoms with van der Waals surface area (Å²) < 4.78 is 5.00. The van der Waals surface area contributed by atoms with E-state index in [0.29, 0.717) is 19.7 Å². The maximum Gasteiger partial charge on any atom is 0.307 e. The molecular formula is C14H21NO4. The number of hydrogen-bond donors (Lipinski definition) is 1. The molecular weight excluding hydrogens is 246 g/mol. The molecule has 0 spiro atoms. The summed E-state index contributed by atoms with van der Waals surface area (Å²) >= 11 is 0. The van der Waals surface area contributed by atoms with Gasteiger partial charge in [-0.2, -0.15) is 0 Å². The first-order chi connectivity index (χ1) is 9.10. The van der Waals surface area contributed by atoms with Crippen LogP contribution < -0.4 is 0 Å². The molecule has 106 valence electrons. The number of carboxylic acid groups (broad SMARTS) is 1. The fourth-order valence-electron chi connectivity index (χ4n) is 3.33. The molecule has 2 unspecified atom stereocenters. The fourth-order valence-corrected chi connectivity index (χ4v) is 3.33. The van der Waals surface area contributed by atoms with Crippen molar-refractivity contribution in [3.8, 4) is 0 Å². The maximum absolute atomic E-state index is 12.6. The Hall–Kier alpha value is -1.36. The summed E-state index contributed by atoms with van der Waals surface area (Å²) in [5, 5.41) is 9.36. The number of carbonyl (C=O) groups is 2. The van der Waals surface area contributed by atoms with Crippen LogP contribution in [-0.4, -0.2) is 48.7 Å². The molecule has 0 heterocycles. The number of aliphatic carboxylic acids is 1. The predicted octanol–water partition coefficient (Wildman–Crippen LogP) is 1.00. The first kappa shape index (κ1) is 14.1. The van der Waals surface area contributed by atoms with Gasteiger partial charge in [0, 0.05) is 20.2 Å². The van der Waals surface area contributed by atoms with E-state index in [1.807, 2.05) is 19.1 Å². The molecule has 2 bridgehead atoms. The molecule has 1 amide bonds. The Bertz CT molecular complexity index is 393. The van der Waals surface area contributed by atoms with Gasteiger partial charge in [0.05, 0.1) is 18.4 Å². The van der Waals surface area contributed by atoms with E-state index in [0.717, 1.165) is 6.42 Å². The van der Waals surface area contributed by atoms with Gasteiger partial charge in [0.1, 0.15) is 0 Å². The number of carboxylic acids is 1. The SMILES string of the molecule is CCN(CCOC)C(=O)[C@H]1C2C=CC(C2)[C@H]1C(=O)O. The molecule has 1 N–H and O–H groups in total. The van der Waals surface area contributed by atoms with Gasteiger partial charge in [-0.15, -0.1) is 0 Å². The minimum atomic E-state index is -0.849. The Morgan fingerprint density at radius 3 is 2.47 bits per heavy atom. The van der Waals surface area contributed by atoms with E-state index in [-0.39, 0.29) is 17.7 Å². The summed E-state index contributed by atoms with van der Waals surface area (Å²) in [5.41, 5.74) is 0. The van der Waals surface area contributed by atoms with Gasteiger partial charge in [0.15, 0.2) is 0 Å². The zero-order valence-corrected chi connectivity index (χ0v) is 11.4. The van der Waals surface area contributed by atoms with Gasteiger partial charge >= 0.3 is 5.97 Å². The molecule has 2 aliphatic rings. The van der Waals surface area contributed by atoms with E-state index in [2.05, 4.69) is 0 Å². The molecule has 0 aromatic carbocycles. The number of likely N-dealkylation sites (N-methyl/N-ethyl adjacent to an activating group) is 1. The summed E-state index contributed by atoms with van der Waals surface area (Å²) in [4.78, 5) is 25.7. The van der Waals surface area contributed by atoms with Crippen LogP contribution in [0.1, 0.15) is 13.3 Å². The quantitative estimate of drug-likeness (QED) is 0.729. The van der Waals surface area contributed by atoms with Crippen molar-refractivity contribution in [1.82, 2.24) is 4.90 Å². The lowest BCUT2D eigenvalue weighted by Gasteiger charge is -2.30. The van der Waals surface area contributed by atoms with Crippen LogP contribution in [0.25, 0.3) is 0 Å². The molecule has 1 fully saturated rings. The fraction of sp³-hybridized carbons (Fsp3) is 0.714. The second-order valence-corrected chi connectivity index (χ2v) is 5.25. The third-order valence-corrected chi connectivity index (χ3v) is 4.29. The van der Waals surface area contributed by atoms with Crippen LogP contribution in [0, 0.1) is 23.7 Å². The van der Waals surface area contributed by atoms with Crippen molar-refractivity contribution in [2.75, 3.05) is 26.8 Å². The highest BCUT2D eigenvalue weighted by Gasteiger charge is 2.52. The first-order valence-electron chi connectivity index (χ1n) is 6.79. The van der Waals surface area contributed by atoms with Crippen molar-refractivity contribution in [3.63, 3.8) is 0 Å². The number of carbonyl (C=O) groups excluding carboxylic acids is 1. The number of allylic oxidation sites excluding steroid dienone is 2. The van der Waals surface area contributed by atoms with E-state index in [4.69, 9.17) is 4.74 Å². The van der Waals surface area contributed by atoms with Gasteiger partial charge in [0.25, 0.3) is 0 Å². The van der Waals surface area contributed by atoms with E-state index >= 15 is 0 Å². The van der Waals surface area contributed by atoms with Crippen LogP contribution in [0.4, 0.5) is 0 Å². The molecule has 0 aliphatic heterocycles. The topological polar surface area (TPSA) is 66.8 Å². The average molecular weight is 267 g/mol. The van der Waals surface area contributed by atoms with Crippen LogP contribution in [0.5, 0.6) is 0 Å². The van der Waals surface area contributed by atoms with Crippen molar-refractivity contribution in [2.45, 2.75) is 13.3 Å². The third kappa shape index (κ3) is 2.52. The van der Waals surface area contributed by atoms with Gasteiger partial charge in [-0.3, -0.25) is 9.59 Å². The Labute approximate surface area is 113 Å². The van der Waals surface area contributed by atoms with Gasteiger partial charge in [-0.25, -0.2) is 0 Å². The Morgan fingerprint density at radius 2 is 1.95 bits per heavy atom. The summed E-state index contributed by atoms with van der Waals surface area (Å²) in [7, 11) is 1.60. The van der Waals surface area contributed by atoms with E-state index in [9.17, 15) is 14.7 Å². The molecule has 19 heavy (non-hydrogen) atoms.